The molecule has 0 spiro atoms. The van der Waals surface area contributed by atoms with Gasteiger partial charge in [0.05, 0.1) is 24.8 Å². The van der Waals surface area contributed by atoms with E-state index in [-0.39, 0.29) is 23.3 Å². The minimum atomic E-state index is -0.684. The summed E-state index contributed by atoms with van der Waals surface area (Å²) in [6, 6.07) is 3.87. The van der Waals surface area contributed by atoms with Crippen molar-refractivity contribution in [3.8, 4) is 11.3 Å². The summed E-state index contributed by atoms with van der Waals surface area (Å²) in [5.74, 6) is -1.91. The number of fused-ring (bicyclic) bond motifs is 1. The number of rotatable bonds is 4. The maximum absolute atomic E-state index is 13.4. The van der Waals surface area contributed by atoms with Crippen LogP contribution in [0.25, 0.3) is 11.3 Å². The predicted octanol–water partition coefficient (Wildman–Crippen LogP) is 3.72. The van der Waals surface area contributed by atoms with Gasteiger partial charge in [-0.3, -0.25) is 4.79 Å². The third-order valence-electron chi connectivity index (χ3n) is 5.11. The van der Waals surface area contributed by atoms with E-state index < -0.39 is 17.8 Å². The number of benzene rings is 1. The first kappa shape index (κ1) is 21.1. The number of amides is 4. The number of nitrogens with zero attached hydrogens (tertiary/aromatic N) is 3. The van der Waals surface area contributed by atoms with Gasteiger partial charge in [-0.2, -0.15) is 14.3 Å². The van der Waals surface area contributed by atoms with E-state index in [0.717, 1.165) is 4.90 Å². The third-order valence-corrected chi connectivity index (χ3v) is 6.16. The SMILES string of the molecule is CN1C(=O)C2C(CC(=O)Nc3nc(-c4ccc(F)c(Cl)c4)cs3)=CC=CC2=[N+](C)C1=O. The second kappa shape index (κ2) is 8.16. The molecule has 0 saturated carbocycles. The Balaban J connectivity index is 1.49. The maximum Gasteiger partial charge on any atom is 0.500 e. The Morgan fingerprint density at radius 3 is 2.90 bits per heavy atom. The Morgan fingerprint density at radius 2 is 2.16 bits per heavy atom. The zero-order valence-corrected chi connectivity index (χ0v) is 18.1. The minimum absolute atomic E-state index is 0.00834. The van der Waals surface area contributed by atoms with Gasteiger partial charge in [-0.05, 0) is 29.8 Å². The van der Waals surface area contributed by atoms with Crippen molar-refractivity contribution in [3.05, 3.63) is 58.2 Å². The first-order valence-electron chi connectivity index (χ1n) is 9.26. The maximum atomic E-state index is 13.4. The Labute approximate surface area is 186 Å². The van der Waals surface area contributed by atoms with Gasteiger partial charge in [0.2, 0.25) is 5.91 Å². The number of imide groups is 1. The molecule has 7 nitrogen and oxygen atoms in total. The number of aromatic nitrogens is 1. The number of hydrogen-bond donors (Lipinski definition) is 1. The van der Waals surface area contributed by atoms with Crippen LogP contribution in [0.5, 0.6) is 0 Å². The molecule has 2 heterocycles. The van der Waals surface area contributed by atoms with E-state index in [1.54, 1.807) is 36.7 Å². The van der Waals surface area contributed by atoms with Gasteiger partial charge in [0.1, 0.15) is 17.4 Å². The smallest absolute Gasteiger partial charge is 0.302 e. The number of carbonyl (C=O) groups excluding carboxylic acids is 3. The number of nitrogens with one attached hydrogen (secondary N) is 1. The van der Waals surface area contributed by atoms with Crippen LogP contribution >= 0.6 is 22.9 Å². The number of allylic oxidation sites excluding steroid dienone is 3. The molecule has 1 unspecified atom stereocenters. The summed E-state index contributed by atoms with van der Waals surface area (Å²) >= 11 is 7.04. The lowest BCUT2D eigenvalue weighted by atomic mass is 9.85. The molecule has 4 amide bonds. The third kappa shape index (κ3) is 3.94. The number of thiazole rings is 1. The van der Waals surface area contributed by atoms with E-state index in [2.05, 4.69) is 10.3 Å². The van der Waals surface area contributed by atoms with Gasteiger partial charge >= 0.3 is 11.9 Å². The van der Waals surface area contributed by atoms with Crippen LogP contribution in [0.3, 0.4) is 0 Å². The van der Waals surface area contributed by atoms with Crippen LogP contribution in [0.2, 0.25) is 5.02 Å². The van der Waals surface area contributed by atoms with Crippen molar-refractivity contribution in [3.63, 3.8) is 0 Å². The lowest BCUT2D eigenvalue weighted by molar-refractivity contribution is -0.405. The highest BCUT2D eigenvalue weighted by Crippen LogP contribution is 2.30. The number of carbonyl (C=O) groups is 3. The molecule has 1 atom stereocenters. The Morgan fingerprint density at radius 1 is 1.39 bits per heavy atom. The number of hydrogen-bond acceptors (Lipinski definition) is 5. The predicted molar refractivity (Wildman–Crippen MR) is 116 cm³/mol. The van der Waals surface area contributed by atoms with Crippen LogP contribution in [-0.2, 0) is 9.59 Å². The fraction of sp³-hybridized carbons (Fsp3) is 0.190. The van der Waals surface area contributed by atoms with Crippen molar-refractivity contribution in [1.82, 2.24) is 9.88 Å². The molecular formula is C21H17ClFN4O3S+. The fourth-order valence-corrected chi connectivity index (χ4v) is 4.41. The largest absolute Gasteiger partial charge is 0.500 e. The first-order chi connectivity index (χ1) is 14.8. The van der Waals surface area contributed by atoms with Crippen LogP contribution in [0, 0.1) is 11.7 Å². The van der Waals surface area contributed by atoms with E-state index >= 15 is 0 Å². The Hall–Kier alpha value is -3.17. The molecule has 1 aliphatic heterocycles. The molecule has 2 aliphatic rings. The molecule has 4 rings (SSSR count). The average molecular weight is 460 g/mol. The molecule has 0 saturated heterocycles. The van der Waals surface area contributed by atoms with Gasteiger partial charge < -0.3 is 5.32 Å². The Bertz CT molecular complexity index is 1220. The standard InChI is InChI=1S/C21H16ClFN4O3S/c1-26-16-5-3-4-12(18(16)19(29)27(2)21(26)30)9-17(28)25-20-24-15(10-31-20)11-6-7-14(23)13(22)8-11/h3-8,10,18H,9H2,1-2H3/p+1. The molecule has 1 aromatic carbocycles. The summed E-state index contributed by atoms with van der Waals surface area (Å²) < 4.78 is 14.8. The van der Waals surface area contributed by atoms with Crippen molar-refractivity contribution in [2.24, 2.45) is 5.92 Å². The highest BCUT2D eigenvalue weighted by molar-refractivity contribution is 7.14. The molecule has 0 bridgehead atoms. The van der Waals surface area contributed by atoms with Crippen molar-refractivity contribution >= 4 is 51.6 Å². The molecule has 1 aromatic heterocycles. The average Bonchev–Trinajstić information content (AvgIpc) is 3.20. The van der Waals surface area contributed by atoms with E-state index in [4.69, 9.17) is 11.6 Å². The summed E-state index contributed by atoms with van der Waals surface area (Å²) in [6.45, 7) is 0. The molecule has 1 N–H and O–H groups in total. The summed E-state index contributed by atoms with van der Waals surface area (Å²) in [4.78, 5) is 42.9. The van der Waals surface area contributed by atoms with Gasteiger partial charge in [0, 0.05) is 17.4 Å². The van der Waals surface area contributed by atoms with Gasteiger partial charge in [-0.1, -0.05) is 23.8 Å². The van der Waals surface area contributed by atoms with Crippen LogP contribution in [0.4, 0.5) is 14.3 Å². The number of halogens is 2. The van der Waals surface area contributed by atoms with Crippen LogP contribution in [-0.4, -0.2) is 52.1 Å². The highest BCUT2D eigenvalue weighted by Gasteiger charge is 2.46. The normalized spacial score (nSPS) is 18.3. The zero-order chi connectivity index (χ0) is 22.3. The van der Waals surface area contributed by atoms with Crippen molar-refractivity contribution in [2.75, 3.05) is 19.4 Å². The molecule has 158 valence electrons. The highest BCUT2D eigenvalue weighted by atomic mass is 35.5. The fourth-order valence-electron chi connectivity index (χ4n) is 3.50. The van der Waals surface area contributed by atoms with Crippen LogP contribution in [0.15, 0.2) is 47.4 Å². The lowest BCUT2D eigenvalue weighted by Gasteiger charge is -2.27. The van der Waals surface area contributed by atoms with Gasteiger partial charge in [-0.25, -0.2) is 14.2 Å². The minimum Gasteiger partial charge on any atom is -0.302 e. The number of urea groups is 1. The molecule has 0 fully saturated rings. The second-order valence-electron chi connectivity index (χ2n) is 7.09. The van der Waals surface area contributed by atoms with E-state index in [0.29, 0.717) is 27.7 Å². The first-order valence-corrected chi connectivity index (χ1v) is 10.5. The van der Waals surface area contributed by atoms with Crippen molar-refractivity contribution in [1.29, 1.82) is 0 Å². The zero-order valence-electron chi connectivity index (χ0n) is 16.6. The quantitative estimate of drug-likeness (QED) is 0.706. The summed E-state index contributed by atoms with van der Waals surface area (Å²) in [6.07, 6.45) is 5.11. The molecule has 2 aromatic rings. The number of anilines is 1. The van der Waals surface area contributed by atoms with Gasteiger partial charge in [0.25, 0.3) is 0 Å². The van der Waals surface area contributed by atoms with Crippen LogP contribution in [0.1, 0.15) is 6.42 Å². The Kier molecular flexibility index (Phi) is 5.55. The van der Waals surface area contributed by atoms with E-state index in [1.807, 2.05) is 0 Å². The molecular weight excluding hydrogens is 443 g/mol. The summed E-state index contributed by atoms with van der Waals surface area (Å²) in [5.41, 5.74) is 2.32. The molecule has 1 aliphatic carbocycles. The summed E-state index contributed by atoms with van der Waals surface area (Å²) in [7, 11) is 3.02. The topological polar surface area (TPSA) is 82.4 Å². The molecule has 0 radical (unpaired) electrons. The molecule has 31 heavy (non-hydrogen) atoms. The van der Waals surface area contributed by atoms with Crippen LogP contribution < -0.4 is 5.32 Å². The molecule has 10 heteroatoms. The van der Waals surface area contributed by atoms with Gasteiger partial charge in [-0.15, -0.1) is 11.3 Å². The van der Waals surface area contributed by atoms with Crippen molar-refractivity contribution < 1.29 is 23.3 Å². The monoisotopic (exact) mass is 459 g/mol. The second-order valence-corrected chi connectivity index (χ2v) is 8.35. The summed E-state index contributed by atoms with van der Waals surface area (Å²) in [5, 5.41) is 4.82. The van der Waals surface area contributed by atoms with E-state index in [9.17, 15) is 18.8 Å². The van der Waals surface area contributed by atoms with Gasteiger partial charge in [0.15, 0.2) is 5.13 Å². The lowest BCUT2D eigenvalue weighted by Crippen LogP contribution is -2.52. The van der Waals surface area contributed by atoms with E-state index in [1.165, 1.54) is 35.1 Å². The van der Waals surface area contributed by atoms with Crippen molar-refractivity contribution in [2.45, 2.75) is 6.42 Å².